The minimum absolute atomic E-state index is 0.158. The average molecular weight is 672 g/mol. The first-order chi connectivity index (χ1) is 21.6. The summed E-state index contributed by atoms with van der Waals surface area (Å²) in [5.74, 6) is -4.29. The highest BCUT2D eigenvalue weighted by atomic mass is 79.9. The molecule has 3 aromatic carbocycles. The Hall–Kier alpha value is -4.44. The number of imide groups is 2. The number of phenolic OH excluding ortho intramolecular Hbond substituents is 1. The third-order valence-electron chi connectivity index (χ3n) is 10.2. The molecule has 3 fully saturated rings. The molecule has 10 heteroatoms. The third kappa shape index (κ3) is 4.11. The monoisotopic (exact) mass is 670 g/mol. The summed E-state index contributed by atoms with van der Waals surface area (Å²) in [7, 11) is 2.86. The number of fused-ring (bicyclic) bond motifs is 4. The second-order valence-electron chi connectivity index (χ2n) is 12.3. The molecule has 0 bridgehead atoms. The van der Waals surface area contributed by atoms with Crippen LogP contribution in [-0.2, 0) is 19.2 Å². The molecule has 0 aromatic heterocycles. The van der Waals surface area contributed by atoms with Crippen molar-refractivity contribution in [3.63, 3.8) is 0 Å². The highest BCUT2D eigenvalue weighted by molar-refractivity contribution is 9.10. The van der Waals surface area contributed by atoms with Crippen LogP contribution < -0.4 is 19.3 Å². The normalized spacial score (nSPS) is 28.9. The second-order valence-corrected chi connectivity index (χ2v) is 13.2. The van der Waals surface area contributed by atoms with Gasteiger partial charge in [0.2, 0.25) is 29.4 Å². The lowest BCUT2D eigenvalue weighted by Crippen LogP contribution is -2.48. The Balaban J connectivity index is 1.40. The van der Waals surface area contributed by atoms with Gasteiger partial charge in [-0.2, -0.15) is 0 Å². The molecule has 6 unspecified atom stereocenters. The van der Waals surface area contributed by atoms with E-state index in [0.29, 0.717) is 23.4 Å². The molecule has 2 heterocycles. The first-order valence-electron chi connectivity index (χ1n) is 14.8. The van der Waals surface area contributed by atoms with Gasteiger partial charge in [0.1, 0.15) is 0 Å². The van der Waals surface area contributed by atoms with Crippen LogP contribution in [0.25, 0.3) is 0 Å². The van der Waals surface area contributed by atoms with Crippen molar-refractivity contribution in [2.75, 3.05) is 24.0 Å². The van der Waals surface area contributed by atoms with E-state index in [0.717, 1.165) is 10.0 Å². The molecule has 6 atom stereocenters. The van der Waals surface area contributed by atoms with Crippen molar-refractivity contribution < 1.29 is 33.8 Å². The van der Waals surface area contributed by atoms with Gasteiger partial charge in [-0.15, -0.1) is 0 Å². The fourth-order valence-corrected chi connectivity index (χ4v) is 8.41. The van der Waals surface area contributed by atoms with Crippen molar-refractivity contribution in [1.82, 2.24) is 0 Å². The Morgan fingerprint density at radius 3 is 2.07 bits per heavy atom. The van der Waals surface area contributed by atoms with Crippen molar-refractivity contribution in [3.8, 4) is 17.2 Å². The zero-order chi connectivity index (χ0) is 31.8. The number of aromatic hydroxyl groups is 1. The van der Waals surface area contributed by atoms with E-state index < -0.39 is 35.0 Å². The summed E-state index contributed by atoms with van der Waals surface area (Å²) in [4.78, 5) is 59.4. The van der Waals surface area contributed by atoms with E-state index in [2.05, 4.69) is 15.9 Å². The summed E-state index contributed by atoms with van der Waals surface area (Å²) >= 11 is 3.41. The van der Waals surface area contributed by atoms with Gasteiger partial charge in [-0.3, -0.25) is 24.1 Å². The lowest BCUT2D eigenvalue weighted by atomic mass is 9.51. The van der Waals surface area contributed by atoms with E-state index in [1.807, 2.05) is 19.1 Å². The van der Waals surface area contributed by atoms with E-state index >= 15 is 0 Å². The van der Waals surface area contributed by atoms with Crippen LogP contribution in [0.1, 0.15) is 31.2 Å². The van der Waals surface area contributed by atoms with Crippen LogP contribution in [0.4, 0.5) is 11.4 Å². The first-order valence-corrected chi connectivity index (χ1v) is 15.6. The molecular formula is C35H31BrN2O7. The molecule has 230 valence electrons. The minimum Gasteiger partial charge on any atom is -0.502 e. The summed E-state index contributed by atoms with van der Waals surface area (Å²) in [6, 6.07) is 19.2. The molecule has 2 aliphatic carbocycles. The maximum absolute atomic E-state index is 14.5. The predicted octanol–water partition coefficient (Wildman–Crippen LogP) is 5.61. The van der Waals surface area contributed by atoms with Crippen molar-refractivity contribution in [1.29, 1.82) is 0 Å². The summed E-state index contributed by atoms with van der Waals surface area (Å²) in [5.41, 5.74) is 1.19. The molecule has 9 nitrogen and oxygen atoms in total. The van der Waals surface area contributed by atoms with Crippen LogP contribution in [0, 0.1) is 29.1 Å². The van der Waals surface area contributed by atoms with Gasteiger partial charge in [0, 0.05) is 10.4 Å². The molecule has 0 spiro atoms. The number of para-hydroxylation sites is 1. The number of hydrogen-bond acceptors (Lipinski definition) is 7. The number of amides is 4. The fraction of sp³-hybridized carbons (Fsp3) is 0.314. The number of halogens is 1. The van der Waals surface area contributed by atoms with E-state index in [1.54, 1.807) is 60.7 Å². The highest BCUT2D eigenvalue weighted by Gasteiger charge is 2.67. The van der Waals surface area contributed by atoms with Gasteiger partial charge in [-0.1, -0.05) is 45.8 Å². The Labute approximate surface area is 268 Å². The number of carbonyl (C=O) groups excluding carboxylic acids is 4. The van der Waals surface area contributed by atoms with Gasteiger partial charge in [0.25, 0.3) is 0 Å². The lowest BCUT2D eigenvalue weighted by molar-refractivity contribution is -0.131. The summed E-state index contributed by atoms with van der Waals surface area (Å²) in [6.45, 7) is 1.82. The van der Waals surface area contributed by atoms with Gasteiger partial charge in [-0.05, 0) is 79.8 Å². The SMILES string of the molecule is COc1cc(C2C3=CCC4C(=O)N(c5ccc(Br)cc5)C(=O)C4C3CC3C(=O)N(c4ccccc4)C(=O)C32C)cc(OC)c1O. The van der Waals surface area contributed by atoms with Crippen molar-refractivity contribution >= 4 is 50.9 Å². The smallest absolute Gasteiger partial charge is 0.241 e. The molecule has 45 heavy (non-hydrogen) atoms. The summed E-state index contributed by atoms with van der Waals surface area (Å²) < 4.78 is 11.8. The number of anilines is 2. The van der Waals surface area contributed by atoms with Crippen molar-refractivity contribution in [3.05, 3.63) is 88.4 Å². The number of ether oxygens (including phenoxy) is 2. The van der Waals surface area contributed by atoms with Crippen LogP contribution in [0.2, 0.25) is 0 Å². The van der Waals surface area contributed by atoms with Gasteiger partial charge >= 0.3 is 0 Å². The fourth-order valence-electron chi connectivity index (χ4n) is 8.14. The predicted molar refractivity (Wildman–Crippen MR) is 169 cm³/mol. The molecule has 1 N–H and O–H groups in total. The average Bonchev–Trinajstić information content (AvgIpc) is 3.41. The van der Waals surface area contributed by atoms with E-state index in [1.165, 1.54) is 24.0 Å². The third-order valence-corrected chi connectivity index (χ3v) is 10.7. The number of allylic oxidation sites excluding steroid dienone is 2. The molecule has 2 aliphatic heterocycles. The zero-order valence-corrected chi connectivity index (χ0v) is 26.5. The quantitative estimate of drug-likeness (QED) is 0.277. The topological polar surface area (TPSA) is 113 Å². The van der Waals surface area contributed by atoms with E-state index in [9.17, 15) is 24.3 Å². The standard InChI is InChI=1S/C35H31BrN2O7/c1-35-25(32(41)38(34(35)43)20-7-5-4-6-8-20)17-24-22(29(35)18-15-26(44-2)30(39)27(16-18)45-3)13-14-23-28(24)33(42)37(31(23)40)21-11-9-19(36)10-12-21/h4-13,15-16,23-25,28-29,39H,14,17H2,1-3H3. The number of rotatable bonds is 5. The molecule has 4 amide bonds. The zero-order valence-electron chi connectivity index (χ0n) is 24.9. The van der Waals surface area contributed by atoms with Gasteiger partial charge < -0.3 is 14.6 Å². The van der Waals surface area contributed by atoms with Crippen LogP contribution in [0.5, 0.6) is 17.2 Å². The van der Waals surface area contributed by atoms with Crippen molar-refractivity contribution in [2.24, 2.45) is 29.1 Å². The maximum Gasteiger partial charge on any atom is 0.241 e. The summed E-state index contributed by atoms with van der Waals surface area (Å²) in [5, 5.41) is 10.7. The number of methoxy groups -OCH3 is 2. The number of carbonyl (C=O) groups is 4. The van der Waals surface area contributed by atoms with Crippen molar-refractivity contribution in [2.45, 2.75) is 25.7 Å². The molecule has 4 aliphatic rings. The molecule has 7 rings (SSSR count). The molecule has 3 aromatic rings. The molecule has 2 saturated heterocycles. The Morgan fingerprint density at radius 2 is 1.44 bits per heavy atom. The number of nitrogens with zero attached hydrogens (tertiary/aromatic N) is 2. The minimum atomic E-state index is -1.23. The summed E-state index contributed by atoms with van der Waals surface area (Å²) in [6.07, 6.45) is 2.55. The Bertz CT molecular complexity index is 1760. The molecule has 1 saturated carbocycles. The van der Waals surface area contributed by atoms with Gasteiger partial charge in [-0.25, -0.2) is 4.90 Å². The van der Waals surface area contributed by atoms with Gasteiger partial charge in [0.05, 0.1) is 48.8 Å². The van der Waals surface area contributed by atoms with E-state index in [-0.39, 0.29) is 47.3 Å². The van der Waals surface area contributed by atoms with Crippen LogP contribution in [0.15, 0.2) is 82.9 Å². The second kappa shape index (κ2) is 10.6. The van der Waals surface area contributed by atoms with Crippen LogP contribution >= 0.6 is 15.9 Å². The van der Waals surface area contributed by atoms with Crippen LogP contribution in [0.3, 0.4) is 0 Å². The number of hydrogen-bond donors (Lipinski definition) is 1. The van der Waals surface area contributed by atoms with Crippen LogP contribution in [-0.4, -0.2) is 43.0 Å². The largest absolute Gasteiger partial charge is 0.502 e. The Kier molecular flexibility index (Phi) is 6.88. The highest BCUT2D eigenvalue weighted by Crippen LogP contribution is 2.64. The number of phenols is 1. The van der Waals surface area contributed by atoms with E-state index in [4.69, 9.17) is 9.47 Å². The first kappa shape index (κ1) is 29.3. The Morgan fingerprint density at radius 1 is 0.822 bits per heavy atom. The molecule has 0 radical (unpaired) electrons. The molecular weight excluding hydrogens is 640 g/mol. The maximum atomic E-state index is 14.5. The number of benzene rings is 3. The lowest BCUT2D eigenvalue weighted by Gasteiger charge is -2.49. The van der Waals surface area contributed by atoms with Gasteiger partial charge in [0.15, 0.2) is 11.5 Å².